The van der Waals surface area contributed by atoms with Gasteiger partial charge < -0.3 is 32.3 Å². The van der Waals surface area contributed by atoms with Gasteiger partial charge in [0.25, 0.3) is 0 Å². The van der Waals surface area contributed by atoms with Crippen LogP contribution >= 0.6 is 0 Å². The zero-order chi connectivity index (χ0) is 23.6. The summed E-state index contributed by atoms with van der Waals surface area (Å²) < 4.78 is 29.7. The molecule has 0 heterocycles. The molecule has 0 radical (unpaired) electrons. The zero-order valence-electron chi connectivity index (χ0n) is 21.8. The molecule has 0 saturated carbocycles. The zero-order valence-corrected chi connectivity index (χ0v) is 25.2. The topological polar surface area (TPSA) is 61.4 Å². The Labute approximate surface area is 197 Å². The average molecular weight is 497 g/mol. The van der Waals surface area contributed by atoms with E-state index in [2.05, 4.69) is 30.9 Å². The van der Waals surface area contributed by atoms with Gasteiger partial charge in [0.15, 0.2) is 0 Å². The van der Waals surface area contributed by atoms with E-state index in [1.54, 1.807) is 0 Å². The highest BCUT2D eigenvalue weighted by molar-refractivity contribution is 6.77. The van der Waals surface area contributed by atoms with Crippen molar-refractivity contribution in [2.24, 2.45) is 0 Å². The molecule has 0 aromatic heterocycles. The first kappa shape index (κ1) is 31.4. The van der Waals surface area contributed by atoms with Crippen LogP contribution in [0.5, 0.6) is 0 Å². The summed E-state index contributed by atoms with van der Waals surface area (Å²) in [6.07, 6.45) is 7.19. The number of hydrogen-bond acceptors (Lipinski definition) is 7. The van der Waals surface area contributed by atoms with E-state index in [1.165, 1.54) is 32.2 Å². The number of unbranched alkanes of at least 4 members (excludes halogenated alkanes) is 2. The summed E-state index contributed by atoms with van der Waals surface area (Å²) in [5, 5.41) is 4.31. The minimum atomic E-state index is -2.52. The monoisotopic (exact) mass is 496 g/mol. The van der Waals surface area contributed by atoms with E-state index in [4.69, 9.17) is 22.1 Å². The third kappa shape index (κ3) is 13.6. The van der Waals surface area contributed by atoms with Crippen LogP contribution in [0, 0.1) is 0 Å². The Kier molecular flexibility index (Phi) is 19.0. The Morgan fingerprint density at radius 2 is 1.45 bits per heavy atom. The SMILES string of the molecule is CCO[Si](CCCNC[SiH2]C(CCCCCN(C)C)[Si](C)(OC)OC)(OCC)OCC. The highest BCUT2D eigenvalue weighted by atomic mass is 28.4. The van der Waals surface area contributed by atoms with Crippen molar-refractivity contribution in [1.29, 1.82) is 0 Å². The summed E-state index contributed by atoms with van der Waals surface area (Å²) in [5.74, 6) is 0. The van der Waals surface area contributed by atoms with Gasteiger partial charge in [-0.2, -0.15) is 0 Å². The lowest BCUT2D eigenvalue weighted by atomic mass is 10.2. The van der Waals surface area contributed by atoms with Crippen LogP contribution in [-0.2, 0) is 22.1 Å². The van der Waals surface area contributed by atoms with Crippen LogP contribution < -0.4 is 5.32 Å². The van der Waals surface area contributed by atoms with Gasteiger partial charge in [-0.1, -0.05) is 19.3 Å². The van der Waals surface area contributed by atoms with Gasteiger partial charge in [-0.15, -0.1) is 0 Å². The third-order valence-electron chi connectivity index (χ3n) is 5.81. The van der Waals surface area contributed by atoms with Gasteiger partial charge in [-0.3, -0.25) is 0 Å². The van der Waals surface area contributed by atoms with Crippen LogP contribution in [0.25, 0.3) is 0 Å². The molecular formula is C21H52N2O5Si3. The van der Waals surface area contributed by atoms with E-state index in [0.717, 1.165) is 25.2 Å². The second-order valence-electron chi connectivity index (χ2n) is 8.40. The van der Waals surface area contributed by atoms with E-state index >= 15 is 0 Å². The van der Waals surface area contributed by atoms with Gasteiger partial charge in [0.1, 0.15) is 0 Å². The molecule has 10 heteroatoms. The van der Waals surface area contributed by atoms with Crippen LogP contribution in [0.4, 0.5) is 0 Å². The fourth-order valence-corrected chi connectivity index (χ4v) is 13.0. The molecule has 1 atom stereocenters. The Morgan fingerprint density at radius 1 is 0.871 bits per heavy atom. The highest BCUT2D eigenvalue weighted by Gasteiger charge is 2.40. The standard InChI is InChI=1S/C21H52N2O5Si3/c1-9-26-31(27-10-2,28-11-3)19-15-17-22-20-29-21(30(8,24-6)25-7)16-13-12-14-18-23(4)5/h21-22H,9-20,29H2,1-8H3. The average Bonchev–Trinajstić information content (AvgIpc) is 2.74. The van der Waals surface area contributed by atoms with Crippen molar-refractivity contribution in [2.45, 2.75) is 70.6 Å². The van der Waals surface area contributed by atoms with Crippen molar-refractivity contribution >= 4 is 26.9 Å². The molecule has 0 aromatic carbocycles. The summed E-state index contributed by atoms with van der Waals surface area (Å²) in [6, 6.07) is 0.870. The predicted octanol–water partition coefficient (Wildman–Crippen LogP) is 2.96. The molecule has 0 saturated heterocycles. The first-order valence-electron chi connectivity index (χ1n) is 12.2. The van der Waals surface area contributed by atoms with Gasteiger partial charge in [-0.25, -0.2) is 0 Å². The molecule has 188 valence electrons. The number of nitrogens with zero attached hydrogens (tertiary/aromatic N) is 1. The fraction of sp³-hybridized carbons (Fsp3) is 1.00. The molecule has 0 aliphatic rings. The second kappa shape index (κ2) is 18.8. The lowest BCUT2D eigenvalue weighted by molar-refractivity contribution is 0.0708. The maximum Gasteiger partial charge on any atom is 0.500 e. The molecule has 0 bridgehead atoms. The van der Waals surface area contributed by atoms with E-state index in [1.807, 2.05) is 35.0 Å². The number of hydrogen-bond donors (Lipinski definition) is 1. The first-order chi connectivity index (χ1) is 14.8. The molecule has 0 fully saturated rings. The molecule has 1 N–H and O–H groups in total. The van der Waals surface area contributed by atoms with Crippen molar-refractivity contribution in [2.75, 3.05) is 67.4 Å². The summed E-state index contributed by atoms with van der Waals surface area (Å²) in [4.78, 5) is 2.26. The Bertz CT molecular complexity index is 401. The van der Waals surface area contributed by atoms with Gasteiger partial charge in [0, 0.05) is 49.6 Å². The van der Waals surface area contributed by atoms with E-state index < -0.39 is 17.4 Å². The lowest BCUT2D eigenvalue weighted by Crippen LogP contribution is -2.47. The molecule has 0 amide bonds. The second-order valence-corrected chi connectivity index (χ2v) is 17.7. The van der Waals surface area contributed by atoms with Crippen LogP contribution in [-0.4, -0.2) is 99.2 Å². The molecule has 0 aromatic rings. The molecule has 0 aliphatic carbocycles. The van der Waals surface area contributed by atoms with E-state index in [0.29, 0.717) is 25.0 Å². The summed E-state index contributed by atoms with van der Waals surface area (Å²) in [6.45, 7) is 12.3. The third-order valence-corrected chi connectivity index (χ3v) is 17.2. The smallest absolute Gasteiger partial charge is 0.398 e. The minimum Gasteiger partial charge on any atom is -0.398 e. The predicted molar refractivity (Wildman–Crippen MR) is 138 cm³/mol. The van der Waals surface area contributed by atoms with E-state index in [-0.39, 0.29) is 9.52 Å². The first-order valence-corrected chi connectivity index (χ1v) is 18.3. The summed E-state index contributed by atoms with van der Waals surface area (Å²) in [5.41, 5.74) is 0. The maximum atomic E-state index is 5.95. The Hall–Kier alpha value is 0.371. The van der Waals surface area contributed by atoms with Crippen molar-refractivity contribution in [3.63, 3.8) is 0 Å². The molecule has 31 heavy (non-hydrogen) atoms. The van der Waals surface area contributed by atoms with Gasteiger partial charge in [0.2, 0.25) is 0 Å². The van der Waals surface area contributed by atoms with Crippen LogP contribution in [0.1, 0.15) is 52.9 Å². The molecule has 0 aliphatic heterocycles. The van der Waals surface area contributed by atoms with Crippen LogP contribution in [0.2, 0.25) is 17.8 Å². The lowest BCUT2D eigenvalue weighted by Gasteiger charge is -2.32. The summed E-state index contributed by atoms with van der Waals surface area (Å²) in [7, 11) is 3.01. The molecular weight excluding hydrogens is 444 g/mol. The van der Waals surface area contributed by atoms with Gasteiger partial charge >= 0.3 is 17.4 Å². The van der Waals surface area contributed by atoms with Crippen molar-refractivity contribution in [3.8, 4) is 0 Å². The number of rotatable bonds is 22. The van der Waals surface area contributed by atoms with Crippen molar-refractivity contribution < 1.29 is 22.1 Å². The number of nitrogens with one attached hydrogen (secondary N) is 1. The maximum absolute atomic E-state index is 5.95. The minimum absolute atomic E-state index is 0.334. The van der Waals surface area contributed by atoms with Crippen molar-refractivity contribution in [3.05, 3.63) is 0 Å². The van der Waals surface area contributed by atoms with Crippen LogP contribution in [0.3, 0.4) is 0 Å². The largest absolute Gasteiger partial charge is 0.500 e. The van der Waals surface area contributed by atoms with Crippen LogP contribution in [0.15, 0.2) is 0 Å². The van der Waals surface area contributed by atoms with E-state index in [9.17, 15) is 0 Å². The quantitative estimate of drug-likeness (QED) is 0.183. The van der Waals surface area contributed by atoms with Gasteiger partial charge in [-0.05, 0) is 78.7 Å². The Balaban J connectivity index is 4.46. The van der Waals surface area contributed by atoms with Gasteiger partial charge in [0.05, 0.1) is 0 Å². The summed E-state index contributed by atoms with van der Waals surface area (Å²) >= 11 is 0. The highest BCUT2D eigenvalue weighted by Crippen LogP contribution is 2.28. The Morgan fingerprint density at radius 3 is 1.94 bits per heavy atom. The fourth-order valence-electron chi connectivity index (χ4n) is 3.91. The molecule has 0 rings (SSSR count). The molecule has 1 unspecified atom stereocenters. The normalized spacial score (nSPS) is 14.2. The van der Waals surface area contributed by atoms with Crippen molar-refractivity contribution in [1.82, 2.24) is 10.2 Å². The molecule has 7 nitrogen and oxygen atoms in total. The molecule has 0 spiro atoms.